The van der Waals surface area contributed by atoms with E-state index in [2.05, 4.69) is 5.92 Å². The van der Waals surface area contributed by atoms with Gasteiger partial charge < -0.3 is 0 Å². The van der Waals surface area contributed by atoms with Crippen molar-refractivity contribution in [3.63, 3.8) is 0 Å². The Morgan fingerprint density at radius 3 is 2.54 bits per heavy atom. The summed E-state index contributed by atoms with van der Waals surface area (Å²) in [5.74, 6) is 2.58. The molecule has 1 unspecified atom stereocenters. The summed E-state index contributed by atoms with van der Waals surface area (Å²) in [4.78, 5) is 0. The monoisotopic (exact) mass is 198 g/mol. The number of unbranched alkanes of at least 4 members (excludes halogenated alkanes) is 2. The summed E-state index contributed by atoms with van der Waals surface area (Å²) in [5.41, 5.74) is 0. The Balaban J connectivity index is 3.75. The van der Waals surface area contributed by atoms with Gasteiger partial charge in [-0.2, -0.15) is 0 Å². The molecule has 0 aliphatic rings. The fraction of sp³-hybridized carbons (Fsp3) is 0.636. The molecule has 0 fully saturated rings. The summed E-state index contributed by atoms with van der Waals surface area (Å²) in [6.07, 6.45) is 9.76. The normalized spacial score (nSPS) is 14.3. The average Bonchev–Trinajstić information content (AvgIpc) is 2.02. The van der Waals surface area contributed by atoms with Crippen LogP contribution in [-0.2, 0) is 10.8 Å². The van der Waals surface area contributed by atoms with Crippen molar-refractivity contribution in [1.29, 1.82) is 0 Å². The van der Waals surface area contributed by atoms with E-state index in [1.165, 1.54) is 0 Å². The molecule has 0 saturated heterocycles. The molecule has 1 nitrogen and oxygen atoms in total. The molecule has 0 bridgehead atoms. The predicted molar refractivity (Wildman–Crippen MR) is 59.7 cm³/mol. The van der Waals surface area contributed by atoms with Crippen LogP contribution in [0.1, 0.15) is 40.0 Å². The molecule has 0 aromatic rings. The van der Waals surface area contributed by atoms with Crippen molar-refractivity contribution in [2.75, 3.05) is 0 Å². The van der Waals surface area contributed by atoms with Gasteiger partial charge in [-0.05, 0) is 39.0 Å². The maximum absolute atomic E-state index is 11.5. The Morgan fingerprint density at radius 2 is 2.08 bits per heavy atom. The van der Waals surface area contributed by atoms with Crippen molar-refractivity contribution < 1.29 is 4.21 Å². The van der Waals surface area contributed by atoms with E-state index in [1.807, 2.05) is 26.8 Å². The smallest absolute Gasteiger partial charge is 0.0506 e. The van der Waals surface area contributed by atoms with Crippen molar-refractivity contribution in [3.05, 3.63) is 11.5 Å². The third-order valence-electron chi connectivity index (χ3n) is 1.52. The van der Waals surface area contributed by atoms with Crippen LogP contribution in [0.25, 0.3) is 0 Å². The molecule has 1 atom stereocenters. The first kappa shape index (κ1) is 12.4. The molecule has 0 radical (unpaired) electrons. The maximum atomic E-state index is 11.5. The zero-order chi connectivity index (χ0) is 10.3. The van der Waals surface area contributed by atoms with Crippen LogP contribution in [0.3, 0.4) is 0 Å². The van der Waals surface area contributed by atoms with Crippen LogP contribution < -0.4 is 0 Å². The van der Waals surface area contributed by atoms with Crippen LogP contribution in [0.2, 0.25) is 0 Å². The minimum absolute atomic E-state index is 0.150. The van der Waals surface area contributed by atoms with Gasteiger partial charge >= 0.3 is 0 Å². The van der Waals surface area contributed by atoms with Crippen LogP contribution in [0.5, 0.6) is 0 Å². The molecule has 0 saturated carbocycles. The second-order valence-corrected chi connectivity index (χ2v) is 5.97. The number of terminal acetylenes is 1. The van der Waals surface area contributed by atoms with Gasteiger partial charge in [0, 0.05) is 11.2 Å². The quantitative estimate of drug-likeness (QED) is 0.501. The van der Waals surface area contributed by atoms with Gasteiger partial charge in [0.15, 0.2) is 0 Å². The molecule has 0 rings (SSSR count). The topological polar surface area (TPSA) is 17.1 Å². The van der Waals surface area contributed by atoms with Crippen LogP contribution in [0.4, 0.5) is 0 Å². The molecule has 0 amide bonds. The second kappa shape index (κ2) is 5.99. The van der Waals surface area contributed by atoms with Crippen molar-refractivity contribution in [1.82, 2.24) is 0 Å². The molecule has 0 heterocycles. The fourth-order valence-corrected chi connectivity index (χ4v) is 1.40. The van der Waals surface area contributed by atoms with E-state index in [0.717, 1.165) is 19.3 Å². The highest BCUT2D eigenvalue weighted by molar-refractivity contribution is 7.89. The molecule has 2 heteroatoms. The molecule has 0 spiro atoms. The first-order valence-corrected chi connectivity index (χ1v) is 5.70. The Labute approximate surface area is 84.1 Å². The molecular weight excluding hydrogens is 180 g/mol. The van der Waals surface area contributed by atoms with Crippen molar-refractivity contribution in [2.24, 2.45) is 0 Å². The largest absolute Gasteiger partial charge is 0.254 e. The van der Waals surface area contributed by atoms with Gasteiger partial charge in [-0.3, -0.25) is 4.21 Å². The molecule has 0 aliphatic carbocycles. The summed E-state index contributed by atoms with van der Waals surface area (Å²) < 4.78 is 11.3. The van der Waals surface area contributed by atoms with Gasteiger partial charge in [0.2, 0.25) is 0 Å². The SMILES string of the molecule is C#CCCC/C=C\S(=O)C(C)(C)C. The Hall–Kier alpha value is -0.550. The summed E-state index contributed by atoms with van der Waals surface area (Å²) >= 11 is 0. The summed E-state index contributed by atoms with van der Waals surface area (Å²) in [7, 11) is -0.875. The highest BCUT2D eigenvalue weighted by Crippen LogP contribution is 2.12. The van der Waals surface area contributed by atoms with Crippen LogP contribution >= 0.6 is 0 Å². The Morgan fingerprint density at radius 1 is 1.46 bits per heavy atom. The number of allylic oxidation sites excluding steroid dienone is 1. The first-order chi connectivity index (χ1) is 5.98. The lowest BCUT2D eigenvalue weighted by Crippen LogP contribution is -2.19. The molecule has 74 valence electrons. The zero-order valence-corrected chi connectivity index (χ0v) is 9.49. The maximum Gasteiger partial charge on any atom is 0.0506 e. The van der Waals surface area contributed by atoms with Gasteiger partial charge in [0.05, 0.1) is 10.8 Å². The van der Waals surface area contributed by atoms with E-state index in [1.54, 1.807) is 5.41 Å². The van der Waals surface area contributed by atoms with Crippen LogP contribution in [0, 0.1) is 12.3 Å². The number of rotatable bonds is 4. The summed E-state index contributed by atoms with van der Waals surface area (Å²) in [5, 5.41) is 1.77. The molecule has 0 aromatic heterocycles. The van der Waals surface area contributed by atoms with E-state index < -0.39 is 10.8 Å². The van der Waals surface area contributed by atoms with Crippen molar-refractivity contribution in [2.45, 2.75) is 44.8 Å². The molecular formula is C11H18OS. The third-order valence-corrected chi connectivity index (χ3v) is 3.16. The van der Waals surface area contributed by atoms with Gasteiger partial charge in [-0.1, -0.05) is 6.08 Å². The van der Waals surface area contributed by atoms with Gasteiger partial charge in [-0.15, -0.1) is 12.3 Å². The minimum Gasteiger partial charge on any atom is -0.254 e. The van der Waals surface area contributed by atoms with E-state index in [4.69, 9.17) is 6.42 Å². The molecule has 13 heavy (non-hydrogen) atoms. The minimum atomic E-state index is -0.875. The van der Waals surface area contributed by atoms with Crippen LogP contribution in [0.15, 0.2) is 11.5 Å². The van der Waals surface area contributed by atoms with Crippen molar-refractivity contribution in [3.8, 4) is 12.3 Å². The number of hydrogen-bond acceptors (Lipinski definition) is 1. The lowest BCUT2D eigenvalue weighted by atomic mass is 10.2. The zero-order valence-electron chi connectivity index (χ0n) is 8.67. The van der Waals surface area contributed by atoms with E-state index in [0.29, 0.717) is 0 Å². The van der Waals surface area contributed by atoms with Crippen LogP contribution in [-0.4, -0.2) is 8.96 Å². The molecule has 0 N–H and O–H groups in total. The predicted octanol–water partition coefficient (Wildman–Crippen LogP) is 2.85. The number of hydrogen-bond donors (Lipinski definition) is 0. The lowest BCUT2D eigenvalue weighted by molar-refractivity contribution is 0.656. The van der Waals surface area contributed by atoms with E-state index in [9.17, 15) is 4.21 Å². The van der Waals surface area contributed by atoms with E-state index in [-0.39, 0.29) is 4.75 Å². The summed E-state index contributed by atoms with van der Waals surface area (Å²) in [6.45, 7) is 5.90. The standard InChI is InChI=1S/C11H18OS/c1-5-6-7-8-9-10-13(12)11(2,3)4/h1,9-10H,6-8H2,2-4H3/b10-9-. The highest BCUT2D eigenvalue weighted by Gasteiger charge is 2.15. The van der Waals surface area contributed by atoms with Gasteiger partial charge in [-0.25, -0.2) is 0 Å². The Bertz CT molecular complexity index is 227. The fourth-order valence-electron chi connectivity index (χ4n) is 0.682. The molecule has 0 aromatic carbocycles. The lowest BCUT2D eigenvalue weighted by Gasteiger charge is -2.13. The first-order valence-electron chi connectivity index (χ1n) is 4.49. The van der Waals surface area contributed by atoms with Gasteiger partial charge in [0.25, 0.3) is 0 Å². The van der Waals surface area contributed by atoms with Gasteiger partial charge in [0.1, 0.15) is 0 Å². The highest BCUT2D eigenvalue weighted by atomic mass is 32.2. The average molecular weight is 198 g/mol. The van der Waals surface area contributed by atoms with Crippen molar-refractivity contribution >= 4 is 10.8 Å². The second-order valence-electron chi connectivity index (χ2n) is 3.88. The Kier molecular flexibility index (Phi) is 5.73. The van der Waals surface area contributed by atoms with E-state index >= 15 is 0 Å². The third kappa shape index (κ3) is 6.60. The molecule has 0 aliphatic heterocycles. The summed E-state index contributed by atoms with van der Waals surface area (Å²) in [6, 6.07) is 0.